The van der Waals surface area contributed by atoms with Crippen molar-refractivity contribution in [2.75, 3.05) is 6.61 Å². The standard InChI is InChI=1S/C21H18FN3O2S/c1-2-10-27-19-5-3-4-15(11-19)13-23-25-20(26)12-18-14-28-21(24-18)16-6-8-17(22)9-7-16/h2-9,11,13-14H,1,10,12H2,(H,25,26)/b23-13-. The largest absolute Gasteiger partial charge is 0.490 e. The molecule has 28 heavy (non-hydrogen) atoms. The molecular formula is C21H18FN3O2S. The van der Waals surface area contributed by atoms with Crippen LogP contribution < -0.4 is 10.2 Å². The minimum atomic E-state index is -0.296. The van der Waals surface area contributed by atoms with E-state index in [1.54, 1.807) is 24.4 Å². The highest BCUT2D eigenvalue weighted by Crippen LogP contribution is 2.24. The van der Waals surface area contributed by atoms with Crippen molar-refractivity contribution in [1.82, 2.24) is 10.4 Å². The Kier molecular flexibility index (Phi) is 6.64. The van der Waals surface area contributed by atoms with E-state index < -0.39 is 0 Å². The van der Waals surface area contributed by atoms with Crippen LogP contribution in [0.5, 0.6) is 5.75 Å². The van der Waals surface area contributed by atoms with Gasteiger partial charge in [-0.1, -0.05) is 24.8 Å². The zero-order valence-electron chi connectivity index (χ0n) is 15.0. The van der Waals surface area contributed by atoms with Crippen molar-refractivity contribution < 1.29 is 13.9 Å². The third-order valence-corrected chi connectivity index (χ3v) is 4.55. The smallest absolute Gasteiger partial charge is 0.246 e. The second kappa shape index (κ2) is 9.57. The van der Waals surface area contributed by atoms with Crippen LogP contribution in [0.15, 0.2) is 71.7 Å². The number of halogens is 1. The lowest BCUT2D eigenvalue weighted by atomic mass is 10.2. The molecule has 0 radical (unpaired) electrons. The first-order valence-corrected chi connectivity index (χ1v) is 9.38. The summed E-state index contributed by atoms with van der Waals surface area (Å²) >= 11 is 1.41. The number of nitrogens with one attached hydrogen (secondary N) is 1. The van der Waals surface area contributed by atoms with Gasteiger partial charge in [-0.05, 0) is 42.0 Å². The van der Waals surface area contributed by atoms with Crippen LogP contribution >= 0.6 is 11.3 Å². The van der Waals surface area contributed by atoms with Crippen molar-refractivity contribution in [3.8, 4) is 16.3 Å². The Labute approximate surface area is 166 Å². The number of amides is 1. The maximum atomic E-state index is 13.0. The summed E-state index contributed by atoms with van der Waals surface area (Å²) in [7, 11) is 0. The van der Waals surface area contributed by atoms with Crippen molar-refractivity contribution in [3.63, 3.8) is 0 Å². The van der Waals surface area contributed by atoms with Gasteiger partial charge < -0.3 is 4.74 Å². The SMILES string of the molecule is C=CCOc1cccc(/C=N\NC(=O)Cc2csc(-c3ccc(F)cc3)n2)c1. The minimum Gasteiger partial charge on any atom is -0.490 e. The van der Waals surface area contributed by atoms with Crippen molar-refractivity contribution in [2.45, 2.75) is 6.42 Å². The second-order valence-corrected chi connectivity index (χ2v) is 6.65. The summed E-state index contributed by atoms with van der Waals surface area (Å²) in [6.07, 6.45) is 3.32. The van der Waals surface area contributed by atoms with Gasteiger partial charge in [-0.2, -0.15) is 5.10 Å². The number of thiazole rings is 1. The molecule has 0 aliphatic rings. The molecular weight excluding hydrogens is 377 g/mol. The molecule has 1 aromatic heterocycles. The predicted molar refractivity (Wildman–Crippen MR) is 109 cm³/mol. The fraction of sp³-hybridized carbons (Fsp3) is 0.0952. The first kappa shape index (κ1) is 19.4. The number of hydrazone groups is 1. The van der Waals surface area contributed by atoms with Gasteiger partial charge in [-0.25, -0.2) is 14.8 Å². The molecule has 1 amide bonds. The molecule has 142 valence electrons. The molecule has 3 rings (SSSR count). The number of ether oxygens (including phenoxy) is 1. The van der Waals surface area contributed by atoms with E-state index in [4.69, 9.17) is 4.74 Å². The summed E-state index contributed by atoms with van der Waals surface area (Å²) in [5.41, 5.74) is 4.74. The number of rotatable bonds is 8. The van der Waals surface area contributed by atoms with Crippen molar-refractivity contribution in [2.24, 2.45) is 5.10 Å². The average Bonchev–Trinajstić information content (AvgIpc) is 3.15. The van der Waals surface area contributed by atoms with Crippen LogP contribution in [0, 0.1) is 5.82 Å². The third-order valence-electron chi connectivity index (χ3n) is 3.61. The molecule has 0 bridgehead atoms. The Bertz CT molecular complexity index is 983. The number of aromatic nitrogens is 1. The predicted octanol–water partition coefficient (Wildman–Crippen LogP) is 4.21. The highest BCUT2D eigenvalue weighted by molar-refractivity contribution is 7.13. The lowest BCUT2D eigenvalue weighted by molar-refractivity contribution is -0.120. The second-order valence-electron chi connectivity index (χ2n) is 5.79. The maximum Gasteiger partial charge on any atom is 0.246 e. The summed E-state index contributed by atoms with van der Waals surface area (Å²) in [6.45, 7) is 4.03. The molecule has 2 aromatic carbocycles. The number of nitrogens with zero attached hydrogens (tertiary/aromatic N) is 2. The van der Waals surface area contributed by atoms with Gasteiger partial charge in [0, 0.05) is 10.9 Å². The van der Waals surface area contributed by atoms with Gasteiger partial charge in [0.1, 0.15) is 23.2 Å². The van der Waals surface area contributed by atoms with Crippen LogP contribution in [-0.2, 0) is 11.2 Å². The van der Waals surface area contributed by atoms with Crippen LogP contribution in [-0.4, -0.2) is 23.7 Å². The Morgan fingerprint density at radius 1 is 1.29 bits per heavy atom. The van der Waals surface area contributed by atoms with Crippen molar-refractivity contribution >= 4 is 23.5 Å². The van der Waals surface area contributed by atoms with Crippen molar-refractivity contribution in [3.05, 3.63) is 83.6 Å². The highest BCUT2D eigenvalue weighted by atomic mass is 32.1. The summed E-state index contributed by atoms with van der Waals surface area (Å²) in [5, 5.41) is 6.51. The molecule has 0 aliphatic carbocycles. The Morgan fingerprint density at radius 3 is 2.89 bits per heavy atom. The van der Waals surface area contributed by atoms with Gasteiger partial charge in [0.25, 0.3) is 0 Å². The van der Waals surface area contributed by atoms with Gasteiger partial charge in [0.2, 0.25) is 5.91 Å². The van der Waals surface area contributed by atoms with E-state index in [-0.39, 0.29) is 18.1 Å². The molecule has 1 N–H and O–H groups in total. The fourth-order valence-corrected chi connectivity index (χ4v) is 3.16. The number of hydrogen-bond acceptors (Lipinski definition) is 5. The molecule has 7 heteroatoms. The van der Waals surface area contributed by atoms with E-state index in [2.05, 4.69) is 22.1 Å². The van der Waals surface area contributed by atoms with Gasteiger partial charge >= 0.3 is 0 Å². The van der Waals surface area contributed by atoms with Gasteiger partial charge in [-0.3, -0.25) is 4.79 Å². The molecule has 0 saturated carbocycles. The average molecular weight is 395 g/mol. The lowest BCUT2D eigenvalue weighted by Gasteiger charge is -2.03. The number of hydrogen-bond donors (Lipinski definition) is 1. The third kappa shape index (κ3) is 5.59. The molecule has 0 saturated heterocycles. The molecule has 1 heterocycles. The lowest BCUT2D eigenvalue weighted by Crippen LogP contribution is -2.19. The molecule has 5 nitrogen and oxygen atoms in total. The van der Waals surface area contributed by atoms with Gasteiger partial charge in [0.05, 0.1) is 18.3 Å². The zero-order valence-corrected chi connectivity index (χ0v) is 15.8. The van der Waals surface area contributed by atoms with Crippen LogP contribution in [0.25, 0.3) is 10.6 Å². The quantitative estimate of drug-likeness (QED) is 0.353. The molecule has 3 aromatic rings. The summed E-state index contributed by atoms with van der Waals surface area (Å²) in [6, 6.07) is 13.4. The van der Waals surface area contributed by atoms with E-state index in [1.807, 2.05) is 29.6 Å². The first-order valence-electron chi connectivity index (χ1n) is 8.50. The first-order chi connectivity index (χ1) is 13.6. The Hall–Kier alpha value is -3.32. The van der Waals surface area contributed by atoms with Crippen LogP contribution in [0.4, 0.5) is 4.39 Å². The van der Waals surface area contributed by atoms with E-state index >= 15 is 0 Å². The van der Waals surface area contributed by atoms with E-state index in [9.17, 15) is 9.18 Å². The van der Waals surface area contributed by atoms with Gasteiger partial charge in [0.15, 0.2) is 0 Å². The maximum absolute atomic E-state index is 13.0. The van der Waals surface area contributed by atoms with Crippen LogP contribution in [0.1, 0.15) is 11.3 Å². The summed E-state index contributed by atoms with van der Waals surface area (Å²) < 4.78 is 18.5. The molecule has 0 fully saturated rings. The van der Waals surface area contributed by atoms with E-state index in [1.165, 1.54) is 23.5 Å². The molecule has 0 atom stereocenters. The molecule has 0 unspecified atom stereocenters. The fourth-order valence-electron chi connectivity index (χ4n) is 2.34. The monoisotopic (exact) mass is 395 g/mol. The van der Waals surface area contributed by atoms with Gasteiger partial charge in [-0.15, -0.1) is 11.3 Å². The van der Waals surface area contributed by atoms with E-state index in [0.29, 0.717) is 18.1 Å². The minimum absolute atomic E-state index is 0.109. The van der Waals surface area contributed by atoms with Crippen LogP contribution in [0.3, 0.4) is 0 Å². The number of carbonyl (C=O) groups excluding carboxylic acids is 1. The Morgan fingerprint density at radius 2 is 2.11 bits per heavy atom. The highest BCUT2D eigenvalue weighted by Gasteiger charge is 2.08. The number of benzene rings is 2. The number of carbonyl (C=O) groups is 1. The molecule has 0 spiro atoms. The zero-order chi connectivity index (χ0) is 19.8. The summed E-state index contributed by atoms with van der Waals surface area (Å²) in [5.74, 6) is 0.132. The Balaban J connectivity index is 1.54. The normalized spacial score (nSPS) is 10.8. The molecule has 0 aliphatic heterocycles. The van der Waals surface area contributed by atoms with E-state index in [0.717, 1.165) is 16.1 Å². The van der Waals surface area contributed by atoms with Crippen LogP contribution in [0.2, 0.25) is 0 Å². The van der Waals surface area contributed by atoms with Crippen molar-refractivity contribution in [1.29, 1.82) is 0 Å². The summed E-state index contributed by atoms with van der Waals surface area (Å²) in [4.78, 5) is 16.5. The topological polar surface area (TPSA) is 63.6 Å².